The van der Waals surface area contributed by atoms with E-state index in [9.17, 15) is 4.39 Å². The number of halogens is 1. The maximum Gasteiger partial charge on any atom is 0.167 e. The van der Waals surface area contributed by atoms with E-state index in [0.717, 1.165) is 25.3 Å². The Kier molecular flexibility index (Phi) is 4.38. The Morgan fingerprint density at radius 3 is 2.65 bits per heavy atom. The number of hydrogen-bond acceptors (Lipinski definition) is 4. The monoisotopic (exact) mass is 281 g/mol. The molecule has 0 spiro atoms. The average molecular weight is 281 g/mol. The van der Waals surface area contributed by atoms with Crippen LogP contribution < -0.4 is 15.4 Å². The van der Waals surface area contributed by atoms with Crippen LogP contribution >= 0.6 is 0 Å². The first kappa shape index (κ1) is 14.9. The molecule has 112 valence electrons. The molecular weight excluding hydrogens is 257 g/mol. The number of nitrogens with two attached hydrogens (primary N) is 1. The molecular formula is C15H24FN3O. The van der Waals surface area contributed by atoms with Crippen LogP contribution in [-0.4, -0.2) is 43.7 Å². The summed E-state index contributed by atoms with van der Waals surface area (Å²) in [6.45, 7) is 8.75. The van der Waals surface area contributed by atoms with Crippen molar-refractivity contribution in [3.8, 4) is 5.75 Å². The smallest absolute Gasteiger partial charge is 0.167 e. The molecule has 0 saturated carbocycles. The number of anilines is 2. The zero-order chi connectivity index (χ0) is 14.9. The summed E-state index contributed by atoms with van der Waals surface area (Å²) < 4.78 is 19.4. The second-order valence-electron chi connectivity index (χ2n) is 5.81. The molecule has 1 unspecified atom stereocenters. The van der Waals surface area contributed by atoms with Crippen LogP contribution in [0.25, 0.3) is 0 Å². The maximum absolute atomic E-state index is 13.9. The lowest BCUT2D eigenvalue weighted by Crippen LogP contribution is -2.50. The maximum atomic E-state index is 13.9. The minimum absolute atomic E-state index is 0.0640. The van der Waals surface area contributed by atoms with Gasteiger partial charge in [0.05, 0.1) is 17.5 Å². The molecule has 1 heterocycles. The first-order valence-corrected chi connectivity index (χ1v) is 7.09. The third-order valence-electron chi connectivity index (χ3n) is 3.58. The predicted molar refractivity (Wildman–Crippen MR) is 80.9 cm³/mol. The van der Waals surface area contributed by atoms with E-state index in [4.69, 9.17) is 10.5 Å². The molecule has 0 bridgehead atoms. The highest BCUT2D eigenvalue weighted by molar-refractivity contribution is 5.70. The van der Waals surface area contributed by atoms with Crippen molar-refractivity contribution in [1.29, 1.82) is 0 Å². The van der Waals surface area contributed by atoms with Crippen molar-refractivity contribution in [2.24, 2.45) is 0 Å². The summed E-state index contributed by atoms with van der Waals surface area (Å²) in [5.41, 5.74) is 7.33. The van der Waals surface area contributed by atoms with Gasteiger partial charge in [-0.1, -0.05) is 0 Å². The lowest BCUT2D eigenvalue weighted by molar-refractivity contribution is 0.231. The summed E-state index contributed by atoms with van der Waals surface area (Å²) >= 11 is 0. The van der Waals surface area contributed by atoms with Gasteiger partial charge in [-0.15, -0.1) is 0 Å². The Morgan fingerprint density at radius 1 is 1.35 bits per heavy atom. The highest BCUT2D eigenvalue weighted by Crippen LogP contribution is 2.33. The minimum atomic E-state index is -0.401. The quantitative estimate of drug-likeness (QED) is 0.864. The van der Waals surface area contributed by atoms with Crippen LogP contribution in [0.1, 0.15) is 20.8 Å². The molecule has 1 fully saturated rings. The topological polar surface area (TPSA) is 41.7 Å². The Hall–Kier alpha value is -1.49. The molecule has 0 amide bonds. The number of nitrogen functional groups attached to an aromatic ring is 1. The Morgan fingerprint density at radius 2 is 2.05 bits per heavy atom. The highest BCUT2D eigenvalue weighted by atomic mass is 19.1. The third kappa shape index (κ3) is 3.15. The van der Waals surface area contributed by atoms with E-state index in [0.29, 0.717) is 11.7 Å². The zero-order valence-electron chi connectivity index (χ0n) is 12.7. The summed E-state index contributed by atoms with van der Waals surface area (Å²) in [7, 11) is 2.11. The van der Waals surface area contributed by atoms with Gasteiger partial charge in [0, 0.05) is 37.8 Å². The van der Waals surface area contributed by atoms with Crippen LogP contribution in [0.15, 0.2) is 12.1 Å². The van der Waals surface area contributed by atoms with E-state index >= 15 is 0 Å². The van der Waals surface area contributed by atoms with Gasteiger partial charge < -0.3 is 20.3 Å². The molecule has 1 aliphatic rings. The summed E-state index contributed by atoms with van der Waals surface area (Å²) in [5, 5.41) is 0. The standard InChI is InChI=1S/C15H24FN3O/c1-10(2)20-15-8-14(13(17)7-12(15)16)19-6-5-18(4)9-11(19)3/h7-8,10-11H,5-6,9,17H2,1-4H3. The van der Waals surface area contributed by atoms with Crippen LogP contribution in [-0.2, 0) is 0 Å². The first-order valence-electron chi connectivity index (χ1n) is 7.09. The van der Waals surface area contributed by atoms with Gasteiger partial charge in [-0.25, -0.2) is 4.39 Å². The summed E-state index contributed by atoms with van der Waals surface area (Å²) in [6.07, 6.45) is -0.0640. The lowest BCUT2D eigenvalue weighted by Gasteiger charge is -2.40. The number of nitrogens with zero attached hydrogens (tertiary/aromatic N) is 2. The average Bonchev–Trinajstić information content (AvgIpc) is 2.33. The van der Waals surface area contributed by atoms with Gasteiger partial charge in [0.15, 0.2) is 11.6 Å². The van der Waals surface area contributed by atoms with Gasteiger partial charge in [-0.2, -0.15) is 0 Å². The summed E-state index contributed by atoms with van der Waals surface area (Å²) in [6, 6.07) is 3.43. The Labute approximate surface area is 120 Å². The van der Waals surface area contributed by atoms with Crippen LogP contribution in [0.3, 0.4) is 0 Å². The molecule has 2 N–H and O–H groups in total. The van der Waals surface area contributed by atoms with E-state index < -0.39 is 5.82 Å². The number of hydrogen-bond donors (Lipinski definition) is 1. The molecule has 1 atom stereocenters. The minimum Gasteiger partial charge on any atom is -0.488 e. The third-order valence-corrected chi connectivity index (χ3v) is 3.58. The Bertz CT molecular complexity index is 478. The second kappa shape index (κ2) is 5.87. The number of piperazine rings is 1. The molecule has 1 aliphatic heterocycles. The van der Waals surface area contributed by atoms with Gasteiger partial charge in [0.25, 0.3) is 0 Å². The van der Waals surface area contributed by atoms with Gasteiger partial charge in [-0.05, 0) is 27.8 Å². The predicted octanol–water partition coefficient (Wildman–Crippen LogP) is 2.34. The van der Waals surface area contributed by atoms with Crippen molar-refractivity contribution in [3.05, 3.63) is 17.9 Å². The fourth-order valence-corrected chi connectivity index (χ4v) is 2.65. The van der Waals surface area contributed by atoms with Crippen molar-refractivity contribution in [2.45, 2.75) is 32.9 Å². The van der Waals surface area contributed by atoms with Crippen molar-refractivity contribution >= 4 is 11.4 Å². The number of benzene rings is 1. The van der Waals surface area contributed by atoms with Crippen LogP contribution in [0, 0.1) is 5.82 Å². The molecule has 5 heteroatoms. The van der Waals surface area contributed by atoms with Crippen molar-refractivity contribution in [3.63, 3.8) is 0 Å². The van der Waals surface area contributed by atoms with E-state index in [1.165, 1.54) is 6.07 Å². The van der Waals surface area contributed by atoms with Crippen molar-refractivity contribution in [2.75, 3.05) is 37.3 Å². The summed E-state index contributed by atoms with van der Waals surface area (Å²) in [5.74, 6) is -0.128. The summed E-state index contributed by atoms with van der Waals surface area (Å²) in [4.78, 5) is 4.51. The van der Waals surface area contributed by atoms with Gasteiger partial charge in [0.1, 0.15) is 0 Å². The van der Waals surface area contributed by atoms with Crippen molar-refractivity contribution in [1.82, 2.24) is 4.90 Å². The van der Waals surface area contributed by atoms with Crippen LogP contribution in [0.5, 0.6) is 5.75 Å². The van der Waals surface area contributed by atoms with Gasteiger partial charge in [0.2, 0.25) is 0 Å². The first-order chi connectivity index (χ1) is 9.38. The fraction of sp³-hybridized carbons (Fsp3) is 0.600. The Balaban J connectivity index is 2.31. The SMILES string of the molecule is CC(C)Oc1cc(N2CCN(C)CC2C)c(N)cc1F. The van der Waals surface area contributed by atoms with E-state index in [2.05, 4.69) is 23.8 Å². The second-order valence-corrected chi connectivity index (χ2v) is 5.81. The highest BCUT2D eigenvalue weighted by Gasteiger charge is 2.24. The fourth-order valence-electron chi connectivity index (χ4n) is 2.65. The van der Waals surface area contributed by atoms with E-state index in [-0.39, 0.29) is 11.9 Å². The molecule has 2 rings (SSSR count). The van der Waals surface area contributed by atoms with Crippen LogP contribution in [0.2, 0.25) is 0 Å². The number of ether oxygens (including phenoxy) is 1. The molecule has 1 aromatic carbocycles. The number of rotatable bonds is 3. The normalized spacial score (nSPS) is 20.5. The molecule has 4 nitrogen and oxygen atoms in total. The molecule has 1 aromatic rings. The van der Waals surface area contributed by atoms with Gasteiger partial charge >= 0.3 is 0 Å². The van der Waals surface area contributed by atoms with Crippen LogP contribution in [0.4, 0.5) is 15.8 Å². The molecule has 0 aromatic heterocycles. The van der Waals surface area contributed by atoms with Crippen molar-refractivity contribution < 1.29 is 9.13 Å². The zero-order valence-corrected chi connectivity index (χ0v) is 12.7. The van der Waals surface area contributed by atoms with E-state index in [1.807, 2.05) is 13.8 Å². The largest absolute Gasteiger partial charge is 0.488 e. The molecule has 0 aliphatic carbocycles. The molecule has 1 saturated heterocycles. The van der Waals surface area contributed by atoms with Gasteiger partial charge in [-0.3, -0.25) is 0 Å². The molecule has 20 heavy (non-hydrogen) atoms. The lowest BCUT2D eigenvalue weighted by atomic mass is 10.1. The van der Waals surface area contributed by atoms with E-state index in [1.54, 1.807) is 6.07 Å². The molecule has 0 radical (unpaired) electrons. The number of likely N-dealkylation sites (N-methyl/N-ethyl adjacent to an activating group) is 1.